The highest BCUT2D eigenvalue weighted by Crippen LogP contribution is 2.49. The minimum Gasteiger partial charge on any atom is -0.460 e. The first kappa shape index (κ1) is 12.6. The fourth-order valence-corrected chi connectivity index (χ4v) is 3.33. The fourth-order valence-electron chi connectivity index (χ4n) is 3.33. The molecule has 1 N–H and O–H groups in total. The number of hydrogen-bond acceptors (Lipinski definition) is 4. The fraction of sp³-hybridized carbons (Fsp3) is 0.846. The molecule has 0 aliphatic heterocycles. The number of Topliss-reactive ketones (excluding diaryl/α,β-unsaturated/α-hetero) is 1. The Hall–Kier alpha value is -0.900. The molecule has 0 radical (unpaired) electrons. The molecule has 2 rings (SSSR count). The zero-order chi connectivity index (χ0) is 12.6. The SMILES string of the molecule is CC(=O)OC1CCC2CC(=O)CCC2(C)C1O. The van der Waals surface area contributed by atoms with E-state index in [1.165, 1.54) is 6.92 Å². The van der Waals surface area contributed by atoms with Crippen LogP contribution in [0.15, 0.2) is 0 Å². The van der Waals surface area contributed by atoms with Gasteiger partial charge in [-0.25, -0.2) is 0 Å². The van der Waals surface area contributed by atoms with Gasteiger partial charge in [0.1, 0.15) is 11.9 Å². The van der Waals surface area contributed by atoms with Gasteiger partial charge < -0.3 is 9.84 Å². The molecule has 4 heteroatoms. The molecule has 2 fully saturated rings. The summed E-state index contributed by atoms with van der Waals surface area (Å²) in [5.74, 6) is 0.194. The van der Waals surface area contributed by atoms with Gasteiger partial charge in [-0.05, 0) is 25.2 Å². The maximum Gasteiger partial charge on any atom is 0.302 e. The first-order valence-corrected chi connectivity index (χ1v) is 6.30. The van der Waals surface area contributed by atoms with Crippen LogP contribution < -0.4 is 0 Å². The second-order valence-electron chi connectivity index (χ2n) is 5.62. The second kappa shape index (κ2) is 4.41. The lowest BCUT2D eigenvalue weighted by Gasteiger charge is -2.50. The lowest BCUT2D eigenvalue weighted by atomic mass is 9.58. The Bertz CT molecular complexity index is 338. The maximum absolute atomic E-state index is 11.5. The molecule has 2 saturated carbocycles. The van der Waals surface area contributed by atoms with Crippen LogP contribution in [0.5, 0.6) is 0 Å². The largest absolute Gasteiger partial charge is 0.460 e. The minimum absolute atomic E-state index is 0.241. The van der Waals surface area contributed by atoms with E-state index in [9.17, 15) is 14.7 Å². The zero-order valence-electron chi connectivity index (χ0n) is 10.4. The standard InChI is InChI=1S/C13H20O4/c1-8(14)17-11-4-3-9-7-10(15)5-6-13(9,2)12(11)16/h9,11-12,16H,3-7H2,1-2H3. The number of fused-ring (bicyclic) bond motifs is 1. The van der Waals surface area contributed by atoms with Gasteiger partial charge in [0.15, 0.2) is 0 Å². The number of esters is 1. The number of carbonyl (C=O) groups excluding carboxylic acids is 2. The number of rotatable bonds is 1. The molecule has 2 aliphatic rings. The topological polar surface area (TPSA) is 63.6 Å². The van der Waals surface area contributed by atoms with Gasteiger partial charge in [-0.2, -0.15) is 0 Å². The predicted molar refractivity (Wildman–Crippen MR) is 61.2 cm³/mol. The molecule has 17 heavy (non-hydrogen) atoms. The quantitative estimate of drug-likeness (QED) is 0.705. The third kappa shape index (κ3) is 2.23. The molecule has 0 bridgehead atoms. The monoisotopic (exact) mass is 240 g/mol. The van der Waals surface area contributed by atoms with Crippen LogP contribution in [0.2, 0.25) is 0 Å². The van der Waals surface area contributed by atoms with Crippen LogP contribution >= 0.6 is 0 Å². The highest BCUT2D eigenvalue weighted by atomic mass is 16.6. The molecular formula is C13H20O4. The Kier molecular flexibility index (Phi) is 3.25. The minimum atomic E-state index is -0.641. The van der Waals surface area contributed by atoms with Crippen LogP contribution in [0.1, 0.15) is 46.0 Å². The van der Waals surface area contributed by atoms with Gasteiger partial charge in [-0.1, -0.05) is 6.92 Å². The van der Waals surface area contributed by atoms with E-state index in [0.717, 1.165) is 6.42 Å². The van der Waals surface area contributed by atoms with Crippen molar-refractivity contribution in [1.29, 1.82) is 0 Å². The van der Waals surface area contributed by atoms with Crippen molar-refractivity contribution >= 4 is 11.8 Å². The average Bonchev–Trinajstić information content (AvgIpc) is 2.25. The van der Waals surface area contributed by atoms with Gasteiger partial charge in [0.05, 0.1) is 6.10 Å². The first-order valence-electron chi connectivity index (χ1n) is 6.30. The van der Waals surface area contributed by atoms with Crippen molar-refractivity contribution in [3.05, 3.63) is 0 Å². The summed E-state index contributed by atoms with van der Waals surface area (Å²) >= 11 is 0. The Balaban J connectivity index is 2.13. The van der Waals surface area contributed by atoms with E-state index in [0.29, 0.717) is 31.5 Å². The Morgan fingerprint density at radius 2 is 2.18 bits per heavy atom. The van der Waals surface area contributed by atoms with Gasteiger partial charge in [0.25, 0.3) is 0 Å². The van der Waals surface area contributed by atoms with Gasteiger partial charge >= 0.3 is 5.97 Å². The molecule has 0 aromatic carbocycles. The summed E-state index contributed by atoms with van der Waals surface area (Å²) in [6.45, 7) is 3.38. The van der Waals surface area contributed by atoms with E-state index < -0.39 is 12.2 Å². The van der Waals surface area contributed by atoms with Gasteiger partial charge in [0, 0.05) is 25.2 Å². The van der Waals surface area contributed by atoms with Gasteiger partial charge in [-0.3, -0.25) is 9.59 Å². The number of ketones is 1. The number of aliphatic hydroxyl groups is 1. The molecule has 0 saturated heterocycles. The average molecular weight is 240 g/mol. The molecular weight excluding hydrogens is 220 g/mol. The highest BCUT2D eigenvalue weighted by Gasteiger charge is 2.51. The summed E-state index contributed by atoms with van der Waals surface area (Å²) in [5, 5.41) is 10.4. The van der Waals surface area contributed by atoms with E-state index in [1.54, 1.807) is 0 Å². The van der Waals surface area contributed by atoms with Gasteiger partial charge in [-0.15, -0.1) is 0 Å². The number of aliphatic hydroxyl groups excluding tert-OH is 1. The molecule has 0 spiro atoms. The van der Waals surface area contributed by atoms with Gasteiger partial charge in [0.2, 0.25) is 0 Å². The maximum atomic E-state index is 11.5. The van der Waals surface area contributed by atoms with Crippen LogP contribution in [0.4, 0.5) is 0 Å². The van der Waals surface area contributed by atoms with E-state index in [1.807, 2.05) is 6.92 Å². The van der Waals surface area contributed by atoms with Crippen LogP contribution in [-0.4, -0.2) is 29.1 Å². The third-order valence-corrected chi connectivity index (χ3v) is 4.49. The van der Waals surface area contributed by atoms with Crippen molar-refractivity contribution in [1.82, 2.24) is 0 Å². The summed E-state index contributed by atoms with van der Waals surface area (Å²) in [4.78, 5) is 22.4. The van der Waals surface area contributed by atoms with Crippen molar-refractivity contribution in [2.75, 3.05) is 0 Å². The van der Waals surface area contributed by atoms with Crippen LogP contribution in [0, 0.1) is 11.3 Å². The molecule has 0 aromatic heterocycles. The number of carbonyl (C=O) groups is 2. The van der Waals surface area contributed by atoms with Crippen molar-refractivity contribution in [3.8, 4) is 0 Å². The predicted octanol–water partition coefficient (Wildman–Crippen LogP) is 1.45. The number of ether oxygens (including phenoxy) is 1. The van der Waals surface area contributed by atoms with Crippen molar-refractivity contribution in [2.45, 2.75) is 58.2 Å². The summed E-state index contributed by atoms with van der Waals surface area (Å²) in [5.41, 5.74) is -0.272. The van der Waals surface area contributed by atoms with E-state index in [2.05, 4.69) is 0 Å². The Morgan fingerprint density at radius 3 is 2.82 bits per heavy atom. The molecule has 2 aliphatic carbocycles. The van der Waals surface area contributed by atoms with E-state index in [4.69, 9.17) is 4.74 Å². The van der Waals surface area contributed by atoms with Crippen LogP contribution in [0.25, 0.3) is 0 Å². The Labute approximate surface area is 101 Å². The first-order chi connectivity index (χ1) is 7.93. The highest BCUT2D eigenvalue weighted by molar-refractivity contribution is 5.79. The zero-order valence-corrected chi connectivity index (χ0v) is 10.4. The van der Waals surface area contributed by atoms with Crippen molar-refractivity contribution < 1.29 is 19.4 Å². The van der Waals surface area contributed by atoms with E-state index >= 15 is 0 Å². The normalized spacial score (nSPS) is 41.8. The van der Waals surface area contributed by atoms with Crippen molar-refractivity contribution in [2.24, 2.45) is 11.3 Å². The molecule has 0 heterocycles. The van der Waals surface area contributed by atoms with E-state index in [-0.39, 0.29) is 17.3 Å². The van der Waals surface area contributed by atoms with Crippen LogP contribution in [0.3, 0.4) is 0 Å². The molecule has 4 nitrogen and oxygen atoms in total. The summed E-state index contributed by atoms with van der Waals surface area (Å²) in [6, 6.07) is 0. The summed E-state index contributed by atoms with van der Waals surface area (Å²) < 4.78 is 5.17. The Morgan fingerprint density at radius 1 is 1.47 bits per heavy atom. The summed E-state index contributed by atoms with van der Waals surface area (Å²) in [7, 11) is 0. The lowest BCUT2D eigenvalue weighted by Crippen LogP contribution is -2.53. The summed E-state index contributed by atoms with van der Waals surface area (Å²) in [6.07, 6.45) is 2.29. The molecule has 0 aromatic rings. The third-order valence-electron chi connectivity index (χ3n) is 4.49. The molecule has 0 amide bonds. The molecule has 4 unspecified atom stereocenters. The molecule has 96 valence electrons. The van der Waals surface area contributed by atoms with Crippen LogP contribution in [-0.2, 0) is 14.3 Å². The smallest absolute Gasteiger partial charge is 0.302 e. The van der Waals surface area contributed by atoms with Crippen molar-refractivity contribution in [3.63, 3.8) is 0 Å². The second-order valence-corrected chi connectivity index (χ2v) is 5.62. The number of hydrogen-bond donors (Lipinski definition) is 1. The lowest BCUT2D eigenvalue weighted by molar-refractivity contribution is -0.176. The molecule has 4 atom stereocenters.